The van der Waals surface area contributed by atoms with Crippen LogP contribution in [0, 0.1) is 12.8 Å². The zero-order valence-electron chi connectivity index (χ0n) is 12.4. The van der Waals surface area contributed by atoms with Gasteiger partial charge in [-0.05, 0) is 36.1 Å². The summed E-state index contributed by atoms with van der Waals surface area (Å²) >= 11 is 1.46. The number of aryl methyl sites for hydroxylation is 2. The molecule has 8 heteroatoms. The molecule has 1 aliphatic heterocycles. The zero-order chi connectivity index (χ0) is 15.0. The Bertz CT molecular complexity index is 661. The summed E-state index contributed by atoms with van der Waals surface area (Å²) in [5.41, 5.74) is 0.891. The van der Waals surface area contributed by atoms with Crippen molar-refractivity contribution in [1.82, 2.24) is 25.2 Å². The molecule has 0 saturated heterocycles. The number of tetrazole rings is 1. The molecule has 7 nitrogen and oxygen atoms in total. The first-order chi connectivity index (χ1) is 10.1. The summed E-state index contributed by atoms with van der Waals surface area (Å²) in [4.78, 5) is 19.8. The molecule has 2 aromatic heterocycles. The Hall–Kier alpha value is -1.83. The Kier molecular flexibility index (Phi) is 3.71. The van der Waals surface area contributed by atoms with Crippen molar-refractivity contribution >= 4 is 23.2 Å². The second-order valence-corrected chi connectivity index (χ2v) is 6.82. The van der Waals surface area contributed by atoms with Gasteiger partial charge in [-0.15, -0.1) is 11.3 Å². The fourth-order valence-corrected chi connectivity index (χ4v) is 3.39. The van der Waals surface area contributed by atoms with Crippen LogP contribution in [0.5, 0.6) is 0 Å². The zero-order valence-corrected chi connectivity index (χ0v) is 13.2. The summed E-state index contributed by atoms with van der Waals surface area (Å²) in [6.45, 7) is 7.60. The highest BCUT2D eigenvalue weighted by atomic mass is 32.1. The molecule has 0 fully saturated rings. The van der Waals surface area contributed by atoms with Crippen LogP contribution in [0.25, 0.3) is 0 Å². The molecule has 3 heterocycles. The van der Waals surface area contributed by atoms with Crippen LogP contribution >= 0.6 is 11.3 Å². The lowest BCUT2D eigenvalue weighted by molar-refractivity contribution is 0.0983. The Morgan fingerprint density at radius 3 is 2.95 bits per heavy atom. The lowest BCUT2D eigenvalue weighted by Crippen LogP contribution is -2.38. The van der Waals surface area contributed by atoms with Gasteiger partial charge < -0.3 is 0 Å². The maximum atomic E-state index is 12.9. The van der Waals surface area contributed by atoms with E-state index < -0.39 is 0 Å². The van der Waals surface area contributed by atoms with E-state index in [2.05, 4.69) is 34.4 Å². The topological polar surface area (TPSA) is 76.8 Å². The van der Waals surface area contributed by atoms with Crippen LogP contribution < -0.4 is 4.90 Å². The lowest BCUT2D eigenvalue weighted by atomic mass is 10.1. The van der Waals surface area contributed by atoms with Crippen LogP contribution in [0.1, 0.15) is 40.6 Å². The van der Waals surface area contributed by atoms with Crippen LogP contribution in [0.4, 0.5) is 5.95 Å². The fourth-order valence-electron chi connectivity index (χ4n) is 2.49. The second-order valence-electron chi connectivity index (χ2n) is 5.62. The molecule has 0 aliphatic carbocycles. The van der Waals surface area contributed by atoms with Gasteiger partial charge in [0.15, 0.2) is 0 Å². The first-order valence-electron chi connectivity index (χ1n) is 7.10. The number of hydrogen-bond donors (Lipinski definition) is 0. The summed E-state index contributed by atoms with van der Waals surface area (Å²) in [7, 11) is 0. The molecule has 0 spiro atoms. The third kappa shape index (κ3) is 2.67. The average molecular weight is 306 g/mol. The minimum absolute atomic E-state index is 0.0352. The molecule has 21 heavy (non-hydrogen) atoms. The van der Waals surface area contributed by atoms with Gasteiger partial charge in [0, 0.05) is 13.1 Å². The number of amides is 1. The van der Waals surface area contributed by atoms with E-state index in [-0.39, 0.29) is 5.91 Å². The van der Waals surface area contributed by atoms with E-state index in [0.29, 0.717) is 18.4 Å². The van der Waals surface area contributed by atoms with E-state index in [1.807, 2.05) is 6.92 Å². The molecule has 0 atom stereocenters. The second kappa shape index (κ2) is 5.51. The standard InChI is InChI=1S/C13H18N6OS/c1-8(2)7-10-11(21-9(3)14-10)12(20)18-5-4-6-19-13(18)15-16-17-19/h8H,4-7H2,1-3H3. The number of nitrogens with zero attached hydrogens (tertiary/aromatic N) is 6. The van der Waals surface area contributed by atoms with Gasteiger partial charge in [-0.1, -0.05) is 18.9 Å². The van der Waals surface area contributed by atoms with Crippen molar-refractivity contribution in [2.45, 2.75) is 40.2 Å². The number of thiazole rings is 1. The van der Waals surface area contributed by atoms with Crippen molar-refractivity contribution in [3.8, 4) is 0 Å². The monoisotopic (exact) mass is 306 g/mol. The van der Waals surface area contributed by atoms with Gasteiger partial charge >= 0.3 is 0 Å². The maximum Gasteiger partial charge on any atom is 0.272 e. The number of fused-ring (bicyclic) bond motifs is 1. The van der Waals surface area contributed by atoms with Gasteiger partial charge in [0.2, 0.25) is 0 Å². The smallest absolute Gasteiger partial charge is 0.272 e. The number of rotatable bonds is 3. The number of aromatic nitrogens is 5. The quantitative estimate of drug-likeness (QED) is 0.862. The Morgan fingerprint density at radius 2 is 2.19 bits per heavy atom. The third-order valence-corrected chi connectivity index (χ3v) is 4.35. The van der Waals surface area contributed by atoms with Crippen molar-refractivity contribution < 1.29 is 4.79 Å². The summed E-state index contributed by atoms with van der Waals surface area (Å²) in [6, 6.07) is 0. The minimum Gasteiger partial charge on any atom is -0.275 e. The van der Waals surface area contributed by atoms with Crippen LogP contribution in [-0.4, -0.2) is 37.6 Å². The van der Waals surface area contributed by atoms with Crippen molar-refractivity contribution in [2.75, 3.05) is 11.4 Å². The number of hydrogen-bond acceptors (Lipinski definition) is 6. The molecule has 0 bridgehead atoms. The molecular formula is C13H18N6OS. The number of anilines is 1. The molecule has 1 aliphatic rings. The summed E-state index contributed by atoms with van der Waals surface area (Å²) in [5.74, 6) is 0.963. The largest absolute Gasteiger partial charge is 0.275 e. The van der Waals surface area contributed by atoms with Crippen molar-refractivity contribution in [1.29, 1.82) is 0 Å². The number of carbonyl (C=O) groups excluding carboxylic acids is 1. The molecule has 0 aromatic carbocycles. The highest BCUT2D eigenvalue weighted by Crippen LogP contribution is 2.26. The number of carbonyl (C=O) groups is 1. The molecule has 0 radical (unpaired) electrons. The van der Waals surface area contributed by atoms with Crippen molar-refractivity contribution in [3.63, 3.8) is 0 Å². The van der Waals surface area contributed by atoms with Gasteiger partial charge in [-0.2, -0.15) is 0 Å². The molecule has 0 unspecified atom stereocenters. The summed E-state index contributed by atoms with van der Waals surface area (Å²) in [5, 5.41) is 12.5. The molecule has 112 valence electrons. The van der Waals surface area contributed by atoms with E-state index in [4.69, 9.17) is 0 Å². The SMILES string of the molecule is Cc1nc(CC(C)C)c(C(=O)N2CCCn3nnnc32)s1. The first-order valence-corrected chi connectivity index (χ1v) is 7.92. The van der Waals surface area contributed by atoms with Gasteiger partial charge in [0.25, 0.3) is 11.9 Å². The van der Waals surface area contributed by atoms with Crippen molar-refractivity contribution in [2.24, 2.45) is 5.92 Å². The predicted octanol–water partition coefficient (Wildman–Crippen LogP) is 1.69. The van der Waals surface area contributed by atoms with E-state index in [1.165, 1.54) is 11.3 Å². The maximum absolute atomic E-state index is 12.9. The van der Waals surface area contributed by atoms with E-state index in [0.717, 1.165) is 35.0 Å². The molecule has 2 aromatic rings. The Morgan fingerprint density at radius 1 is 1.38 bits per heavy atom. The first kappa shape index (κ1) is 14.1. The average Bonchev–Trinajstić information content (AvgIpc) is 3.03. The lowest BCUT2D eigenvalue weighted by Gasteiger charge is -2.24. The summed E-state index contributed by atoms with van der Waals surface area (Å²) in [6.07, 6.45) is 1.67. The molecule has 0 N–H and O–H groups in total. The normalized spacial score (nSPS) is 14.6. The Balaban J connectivity index is 1.93. The van der Waals surface area contributed by atoms with Crippen molar-refractivity contribution in [3.05, 3.63) is 15.6 Å². The fraction of sp³-hybridized carbons (Fsp3) is 0.615. The van der Waals surface area contributed by atoms with Gasteiger partial charge in [-0.25, -0.2) is 9.67 Å². The van der Waals surface area contributed by atoms with E-state index in [1.54, 1.807) is 9.58 Å². The highest BCUT2D eigenvalue weighted by molar-refractivity contribution is 7.13. The van der Waals surface area contributed by atoms with Crippen LogP contribution in [0.15, 0.2) is 0 Å². The highest BCUT2D eigenvalue weighted by Gasteiger charge is 2.29. The minimum atomic E-state index is -0.0352. The molecular weight excluding hydrogens is 288 g/mol. The van der Waals surface area contributed by atoms with Gasteiger partial charge in [0.1, 0.15) is 4.88 Å². The Labute approximate surface area is 127 Å². The van der Waals surface area contributed by atoms with Crippen LogP contribution in [0.2, 0.25) is 0 Å². The van der Waals surface area contributed by atoms with E-state index >= 15 is 0 Å². The van der Waals surface area contributed by atoms with Gasteiger partial charge in [0.05, 0.1) is 10.7 Å². The van der Waals surface area contributed by atoms with Crippen LogP contribution in [0.3, 0.4) is 0 Å². The van der Waals surface area contributed by atoms with E-state index in [9.17, 15) is 4.79 Å². The predicted molar refractivity (Wildman–Crippen MR) is 79.5 cm³/mol. The summed E-state index contributed by atoms with van der Waals surface area (Å²) < 4.78 is 1.68. The molecule has 0 saturated carbocycles. The molecule has 3 rings (SSSR count). The third-order valence-electron chi connectivity index (χ3n) is 3.35. The van der Waals surface area contributed by atoms with Gasteiger partial charge in [-0.3, -0.25) is 9.69 Å². The van der Waals surface area contributed by atoms with Crippen LogP contribution in [-0.2, 0) is 13.0 Å². The molecule has 1 amide bonds.